The molecule has 8 nitrogen and oxygen atoms in total. The number of aliphatic hydroxyl groups is 1. The first kappa shape index (κ1) is 22.0. The van der Waals surface area contributed by atoms with Gasteiger partial charge in [0.1, 0.15) is 10.5 Å². The third kappa shape index (κ3) is 3.89. The van der Waals surface area contributed by atoms with Crippen molar-refractivity contribution < 1.29 is 18.3 Å². The number of β-amino-alcohol motifs (C(OH)–C–C–N with tert-alkyl or cyclic N) is 1. The first-order valence-electron chi connectivity index (χ1n) is 10.7. The van der Waals surface area contributed by atoms with Crippen LogP contribution in [0.1, 0.15) is 21.6 Å². The average molecular weight is 475 g/mol. The van der Waals surface area contributed by atoms with Crippen molar-refractivity contribution in [2.24, 2.45) is 0 Å². The van der Waals surface area contributed by atoms with Gasteiger partial charge in [-0.2, -0.15) is 0 Å². The molecule has 1 saturated heterocycles. The molecule has 1 fully saturated rings. The zero-order valence-electron chi connectivity index (χ0n) is 18.3. The van der Waals surface area contributed by atoms with Crippen LogP contribution in [0.15, 0.2) is 84.0 Å². The van der Waals surface area contributed by atoms with Gasteiger partial charge in [0.15, 0.2) is 0 Å². The monoisotopic (exact) mass is 474 g/mol. The molecule has 0 aliphatic carbocycles. The zero-order valence-corrected chi connectivity index (χ0v) is 19.2. The van der Waals surface area contributed by atoms with Crippen molar-refractivity contribution in [1.29, 1.82) is 0 Å². The van der Waals surface area contributed by atoms with Crippen molar-refractivity contribution in [3.63, 3.8) is 0 Å². The van der Waals surface area contributed by atoms with E-state index >= 15 is 0 Å². The number of nitrogens with one attached hydrogen (secondary N) is 1. The Morgan fingerprint density at radius 1 is 0.971 bits per heavy atom. The SMILES string of the molecule is Cc1cccnc1C1(O)CN(C(=O)c2ccc(NS(=O)(=O)c3cccc4cccnc34)cc2)C1. The van der Waals surface area contributed by atoms with Gasteiger partial charge in [0.2, 0.25) is 0 Å². The summed E-state index contributed by atoms with van der Waals surface area (Å²) < 4.78 is 28.5. The van der Waals surface area contributed by atoms with E-state index in [9.17, 15) is 18.3 Å². The van der Waals surface area contributed by atoms with E-state index in [2.05, 4.69) is 14.7 Å². The number of fused-ring (bicyclic) bond motifs is 1. The minimum atomic E-state index is -3.88. The number of aryl methyl sites for hydroxylation is 1. The van der Waals surface area contributed by atoms with Crippen LogP contribution in [0.2, 0.25) is 0 Å². The van der Waals surface area contributed by atoms with Crippen LogP contribution < -0.4 is 4.72 Å². The number of nitrogens with zero attached hydrogens (tertiary/aromatic N) is 3. The fourth-order valence-electron chi connectivity index (χ4n) is 4.22. The Kier molecular flexibility index (Phi) is 5.30. The molecule has 1 aliphatic heterocycles. The number of hydrogen-bond acceptors (Lipinski definition) is 6. The second kappa shape index (κ2) is 8.19. The minimum Gasteiger partial charge on any atom is -0.380 e. The van der Waals surface area contributed by atoms with Gasteiger partial charge in [-0.1, -0.05) is 24.3 Å². The lowest BCUT2D eigenvalue weighted by Crippen LogP contribution is -2.61. The van der Waals surface area contributed by atoms with Gasteiger partial charge in [-0.05, 0) is 55.0 Å². The molecule has 0 radical (unpaired) electrons. The first-order valence-corrected chi connectivity index (χ1v) is 12.2. The van der Waals surface area contributed by atoms with Gasteiger partial charge < -0.3 is 10.0 Å². The Morgan fingerprint density at radius 3 is 2.38 bits per heavy atom. The van der Waals surface area contributed by atoms with Crippen LogP contribution in [-0.4, -0.2) is 47.4 Å². The van der Waals surface area contributed by atoms with Crippen molar-refractivity contribution >= 4 is 32.5 Å². The van der Waals surface area contributed by atoms with Gasteiger partial charge in [0.25, 0.3) is 15.9 Å². The predicted molar refractivity (Wildman–Crippen MR) is 128 cm³/mol. The first-order chi connectivity index (χ1) is 16.3. The number of carbonyl (C=O) groups excluding carboxylic acids is 1. The number of sulfonamides is 1. The molecule has 0 unspecified atom stereocenters. The average Bonchev–Trinajstić information content (AvgIpc) is 2.82. The number of anilines is 1. The third-order valence-electron chi connectivity index (χ3n) is 5.91. The fourth-order valence-corrected chi connectivity index (χ4v) is 5.46. The molecule has 0 spiro atoms. The van der Waals surface area contributed by atoms with Crippen LogP contribution in [0.4, 0.5) is 5.69 Å². The van der Waals surface area contributed by atoms with Crippen molar-refractivity contribution in [1.82, 2.24) is 14.9 Å². The second-order valence-corrected chi connectivity index (χ2v) is 10.0. The Labute approximate surface area is 197 Å². The molecule has 1 amide bonds. The van der Waals surface area contributed by atoms with Gasteiger partial charge in [-0.25, -0.2) is 8.42 Å². The number of pyridine rings is 2. The maximum atomic E-state index is 13.0. The smallest absolute Gasteiger partial charge is 0.264 e. The molecule has 172 valence electrons. The van der Waals surface area contributed by atoms with E-state index in [1.165, 1.54) is 23.1 Å². The molecule has 34 heavy (non-hydrogen) atoms. The van der Waals surface area contributed by atoms with Crippen LogP contribution in [0.3, 0.4) is 0 Å². The number of carbonyl (C=O) groups is 1. The van der Waals surface area contributed by atoms with Gasteiger partial charge >= 0.3 is 0 Å². The molecule has 9 heteroatoms. The van der Waals surface area contributed by atoms with Crippen molar-refractivity contribution in [2.75, 3.05) is 17.8 Å². The summed E-state index contributed by atoms with van der Waals surface area (Å²) >= 11 is 0. The number of rotatable bonds is 5. The Morgan fingerprint density at radius 2 is 1.65 bits per heavy atom. The molecule has 0 atom stereocenters. The molecule has 0 saturated carbocycles. The van der Waals surface area contributed by atoms with Gasteiger partial charge in [0, 0.05) is 29.0 Å². The van der Waals surface area contributed by atoms with E-state index in [1.54, 1.807) is 54.9 Å². The summed E-state index contributed by atoms with van der Waals surface area (Å²) in [6, 6.07) is 18.4. The lowest BCUT2D eigenvalue weighted by molar-refractivity contribution is -0.0896. The Bertz CT molecular complexity index is 1490. The zero-order chi connectivity index (χ0) is 23.9. The number of benzene rings is 2. The summed E-state index contributed by atoms with van der Waals surface area (Å²) in [6.45, 7) is 2.16. The van der Waals surface area contributed by atoms with Gasteiger partial charge in [0.05, 0.1) is 24.3 Å². The van der Waals surface area contributed by atoms with Crippen LogP contribution in [0, 0.1) is 6.92 Å². The fraction of sp³-hybridized carbons (Fsp3) is 0.160. The summed E-state index contributed by atoms with van der Waals surface area (Å²) in [5, 5.41) is 11.6. The largest absolute Gasteiger partial charge is 0.380 e. The van der Waals surface area contributed by atoms with Crippen LogP contribution in [0.5, 0.6) is 0 Å². The maximum absolute atomic E-state index is 13.0. The normalized spacial score (nSPS) is 15.1. The molecular weight excluding hydrogens is 452 g/mol. The number of para-hydroxylation sites is 1. The Balaban J connectivity index is 1.30. The van der Waals surface area contributed by atoms with Crippen LogP contribution in [-0.2, 0) is 15.6 Å². The minimum absolute atomic E-state index is 0.0791. The Hall–Kier alpha value is -3.82. The third-order valence-corrected chi connectivity index (χ3v) is 7.32. The quantitative estimate of drug-likeness (QED) is 0.460. The number of amides is 1. The summed E-state index contributed by atoms with van der Waals surface area (Å²) in [7, 11) is -3.88. The lowest BCUT2D eigenvalue weighted by Gasteiger charge is -2.46. The van der Waals surface area contributed by atoms with Gasteiger partial charge in [-0.3, -0.25) is 19.5 Å². The highest BCUT2D eigenvalue weighted by molar-refractivity contribution is 7.93. The van der Waals surface area contributed by atoms with Gasteiger partial charge in [-0.15, -0.1) is 0 Å². The number of aromatic nitrogens is 2. The van der Waals surface area contributed by atoms with E-state index in [-0.39, 0.29) is 23.9 Å². The molecule has 2 aromatic heterocycles. The van der Waals surface area contributed by atoms with E-state index in [1.807, 2.05) is 13.0 Å². The van der Waals surface area contributed by atoms with Crippen LogP contribution in [0.25, 0.3) is 10.9 Å². The molecule has 2 aromatic carbocycles. The van der Waals surface area contributed by atoms with E-state index in [4.69, 9.17) is 0 Å². The molecule has 5 rings (SSSR count). The number of likely N-dealkylation sites (tertiary alicyclic amines) is 1. The summed E-state index contributed by atoms with van der Waals surface area (Å²) in [5.41, 5.74) is 1.39. The summed E-state index contributed by atoms with van der Waals surface area (Å²) in [4.78, 5) is 22.9. The molecular formula is C25H22N4O4S. The maximum Gasteiger partial charge on any atom is 0.264 e. The highest BCUT2D eigenvalue weighted by atomic mass is 32.2. The highest BCUT2D eigenvalue weighted by Gasteiger charge is 2.47. The molecule has 4 aromatic rings. The predicted octanol–water partition coefficient (Wildman–Crippen LogP) is 3.08. The molecule has 2 N–H and O–H groups in total. The molecule has 1 aliphatic rings. The molecule has 0 bridgehead atoms. The standard InChI is InChI=1S/C25H22N4O4S/c1-17-5-3-14-27-23(17)25(31)15-29(16-25)24(30)19-9-11-20(12-10-19)28-34(32,33)21-8-2-6-18-7-4-13-26-22(18)21/h2-14,28,31H,15-16H2,1H3. The van der Waals surface area contributed by atoms with E-state index < -0.39 is 15.6 Å². The van der Waals surface area contributed by atoms with Crippen molar-refractivity contribution in [3.8, 4) is 0 Å². The summed E-state index contributed by atoms with van der Waals surface area (Å²) in [5.74, 6) is -0.245. The van der Waals surface area contributed by atoms with E-state index in [0.717, 1.165) is 10.9 Å². The summed E-state index contributed by atoms with van der Waals surface area (Å²) in [6.07, 6.45) is 3.17. The van der Waals surface area contributed by atoms with E-state index in [0.29, 0.717) is 22.5 Å². The number of hydrogen-bond donors (Lipinski definition) is 2. The second-order valence-electron chi connectivity index (χ2n) is 8.38. The van der Waals surface area contributed by atoms with Crippen LogP contribution >= 0.6 is 0 Å². The lowest BCUT2D eigenvalue weighted by atomic mass is 9.87. The highest BCUT2D eigenvalue weighted by Crippen LogP contribution is 2.33. The van der Waals surface area contributed by atoms with Crippen molar-refractivity contribution in [2.45, 2.75) is 17.4 Å². The van der Waals surface area contributed by atoms with Crippen molar-refractivity contribution in [3.05, 3.63) is 95.9 Å². The molecule has 3 heterocycles. The topological polar surface area (TPSA) is 112 Å².